The zero-order valence-electron chi connectivity index (χ0n) is 14.3. The molecule has 1 aliphatic rings. The third-order valence-electron chi connectivity index (χ3n) is 4.50. The summed E-state index contributed by atoms with van der Waals surface area (Å²) in [4.78, 5) is 3.49. The van der Waals surface area contributed by atoms with Crippen LogP contribution in [-0.2, 0) is 10.0 Å². The topological polar surface area (TPSA) is 103 Å². The summed E-state index contributed by atoms with van der Waals surface area (Å²) in [5.41, 5.74) is -3.00. The largest absolute Gasteiger partial charge is 0.417 e. The van der Waals surface area contributed by atoms with Crippen LogP contribution in [0.1, 0.15) is 18.5 Å². The molecule has 0 bridgehead atoms. The lowest BCUT2D eigenvalue weighted by Crippen LogP contribution is -2.62. The summed E-state index contributed by atoms with van der Waals surface area (Å²) >= 11 is 6.10. The van der Waals surface area contributed by atoms with E-state index < -0.39 is 52.2 Å². The predicted octanol–water partition coefficient (Wildman–Crippen LogP) is 3.15. The number of hydrogen-bond donors (Lipinski definition) is 2. The van der Waals surface area contributed by atoms with E-state index in [0.29, 0.717) is 0 Å². The second-order valence-electron chi connectivity index (χ2n) is 6.54. The van der Waals surface area contributed by atoms with Crippen LogP contribution in [0.3, 0.4) is 0 Å². The summed E-state index contributed by atoms with van der Waals surface area (Å²) in [5, 5.41) is 18.2. The van der Waals surface area contributed by atoms with Crippen molar-refractivity contribution in [1.29, 1.82) is 5.26 Å². The molecule has 1 heterocycles. The number of rotatable bonds is 4. The number of nitrogens with one attached hydrogen (secondary N) is 1. The maximum atomic E-state index is 13.4. The quantitative estimate of drug-likeness (QED) is 0.698. The lowest BCUT2D eigenvalue weighted by molar-refractivity contribution is -0.290. The van der Waals surface area contributed by atoms with E-state index in [1.807, 2.05) is 0 Å². The van der Waals surface area contributed by atoms with Crippen LogP contribution in [0.4, 0.5) is 17.6 Å². The molecule has 1 fully saturated rings. The van der Waals surface area contributed by atoms with Gasteiger partial charge >= 0.3 is 6.18 Å². The molecule has 12 heteroatoms. The average molecular weight is 450 g/mol. The fourth-order valence-electron chi connectivity index (χ4n) is 2.90. The molecule has 0 spiro atoms. The Morgan fingerprint density at radius 2 is 1.93 bits per heavy atom. The minimum Gasteiger partial charge on any atom is -0.380 e. The Morgan fingerprint density at radius 3 is 2.48 bits per heavy atom. The number of pyridine rings is 1. The second kappa shape index (κ2) is 7.21. The summed E-state index contributed by atoms with van der Waals surface area (Å²) in [7, 11) is -4.20. The molecule has 29 heavy (non-hydrogen) atoms. The zero-order valence-corrected chi connectivity index (χ0v) is 15.9. The second-order valence-corrected chi connectivity index (χ2v) is 8.66. The molecule has 1 aromatic carbocycles. The van der Waals surface area contributed by atoms with Crippen molar-refractivity contribution in [2.75, 3.05) is 0 Å². The van der Waals surface area contributed by atoms with Gasteiger partial charge in [0.1, 0.15) is 6.07 Å². The minimum atomic E-state index is -4.84. The van der Waals surface area contributed by atoms with Gasteiger partial charge in [-0.1, -0.05) is 11.6 Å². The normalized spacial score (nSPS) is 22.0. The van der Waals surface area contributed by atoms with Crippen LogP contribution in [0.5, 0.6) is 0 Å². The molecule has 0 radical (unpaired) electrons. The predicted molar refractivity (Wildman–Crippen MR) is 93.7 cm³/mol. The highest BCUT2D eigenvalue weighted by atomic mass is 35.5. The van der Waals surface area contributed by atoms with Crippen molar-refractivity contribution >= 4 is 21.6 Å². The van der Waals surface area contributed by atoms with Gasteiger partial charge in [0.2, 0.25) is 10.0 Å². The van der Waals surface area contributed by atoms with Crippen LogP contribution in [0, 0.1) is 17.1 Å². The maximum Gasteiger partial charge on any atom is 0.417 e. The Labute approximate surface area is 167 Å². The summed E-state index contributed by atoms with van der Waals surface area (Å²) in [5.74, 6) is -0.824. The van der Waals surface area contributed by atoms with Gasteiger partial charge < -0.3 is 5.11 Å². The van der Waals surface area contributed by atoms with Gasteiger partial charge in [-0.15, -0.1) is 0 Å². The van der Waals surface area contributed by atoms with E-state index in [4.69, 9.17) is 16.9 Å². The molecule has 0 saturated heterocycles. The Kier molecular flexibility index (Phi) is 5.33. The molecule has 2 N–H and O–H groups in total. The first kappa shape index (κ1) is 21.4. The summed E-state index contributed by atoms with van der Waals surface area (Å²) in [6.07, 6.45) is -6.43. The number of benzene rings is 1. The van der Waals surface area contributed by atoms with Crippen molar-refractivity contribution in [3.8, 4) is 17.3 Å². The number of aromatic nitrogens is 1. The molecule has 0 unspecified atom stereocenters. The van der Waals surface area contributed by atoms with E-state index in [-0.39, 0.29) is 21.2 Å². The molecule has 1 saturated carbocycles. The minimum absolute atomic E-state index is 0.0729. The molecule has 0 atom stereocenters. The van der Waals surface area contributed by atoms with E-state index in [1.165, 1.54) is 12.1 Å². The van der Waals surface area contributed by atoms with Crippen LogP contribution in [0.25, 0.3) is 11.3 Å². The van der Waals surface area contributed by atoms with Crippen LogP contribution >= 0.6 is 11.6 Å². The Bertz CT molecular complexity index is 1110. The van der Waals surface area contributed by atoms with Gasteiger partial charge in [0.15, 0.2) is 17.1 Å². The van der Waals surface area contributed by atoms with E-state index in [2.05, 4.69) is 9.71 Å². The third-order valence-corrected chi connectivity index (χ3v) is 6.33. The van der Waals surface area contributed by atoms with Gasteiger partial charge in [0.25, 0.3) is 0 Å². The highest BCUT2D eigenvalue weighted by Gasteiger charge is 2.61. The van der Waals surface area contributed by atoms with E-state index in [9.17, 15) is 31.1 Å². The van der Waals surface area contributed by atoms with Gasteiger partial charge in [-0.2, -0.15) is 18.4 Å². The van der Waals surface area contributed by atoms with Gasteiger partial charge in [0.05, 0.1) is 15.6 Å². The molecule has 0 amide bonds. The van der Waals surface area contributed by atoms with Crippen molar-refractivity contribution < 1.29 is 31.1 Å². The van der Waals surface area contributed by atoms with Crippen molar-refractivity contribution in [3.05, 3.63) is 46.9 Å². The maximum absolute atomic E-state index is 13.4. The number of hydrogen-bond acceptors (Lipinski definition) is 5. The SMILES string of the molecule is N#Cc1nc(-c2ccc(S(=O)(=O)N[C@H]3C[C@](O)(C(F)(F)F)C3)cc2Cl)ccc1F. The molecular formula is C17H12ClF4N3O3S. The number of nitrogens with zero attached hydrogens (tertiary/aromatic N) is 2. The van der Waals surface area contributed by atoms with Crippen molar-refractivity contribution in [2.45, 2.75) is 35.6 Å². The van der Waals surface area contributed by atoms with Gasteiger partial charge in [-0.05, 0) is 30.3 Å². The molecule has 1 aliphatic carbocycles. The van der Waals surface area contributed by atoms with Crippen LogP contribution in [0.2, 0.25) is 5.02 Å². The van der Waals surface area contributed by atoms with Gasteiger partial charge in [-0.25, -0.2) is 22.5 Å². The van der Waals surface area contributed by atoms with Crippen LogP contribution in [0.15, 0.2) is 35.2 Å². The van der Waals surface area contributed by atoms with Gasteiger partial charge in [-0.3, -0.25) is 0 Å². The fraction of sp³-hybridized carbons (Fsp3) is 0.294. The summed E-state index contributed by atoms with van der Waals surface area (Å²) in [6.45, 7) is 0. The number of aliphatic hydroxyl groups is 1. The smallest absolute Gasteiger partial charge is 0.380 e. The van der Waals surface area contributed by atoms with Crippen molar-refractivity contribution in [3.63, 3.8) is 0 Å². The van der Waals surface area contributed by atoms with E-state index in [0.717, 1.165) is 18.2 Å². The molecule has 0 aliphatic heterocycles. The lowest BCUT2D eigenvalue weighted by atomic mass is 9.76. The first-order valence-corrected chi connectivity index (χ1v) is 9.90. The van der Waals surface area contributed by atoms with Gasteiger partial charge in [0, 0.05) is 24.4 Å². The van der Waals surface area contributed by atoms with Crippen LogP contribution < -0.4 is 4.72 Å². The third kappa shape index (κ3) is 4.06. The number of alkyl halides is 3. The number of halogens is 5. The Balaban J connectivity index is 1.81. The molecule has 6 nitrogen and oxygen atoms in total. The zero-order chi connectivity index (χ0) is 21.6. The highest BCUT2D eigenvalue weighted by Crippen LogP contribution is 2.45. The van der Waals surface area contributed by atoms with Crippen LogP contribution in [-0.4, -0.2) is 36.3 Å². The average Bonchev–Trinajstić information content (AvgIpc) is 2.59. The standard InChI is InChI=1S/C17H12ClF4N3O3S/c18-12-5-10(1-2-11(12)14-4-3-13(19)15(8-23)24-14)29(27,28)25-9-6-16(26,7-9)17(20,21)22/h1-5,9,25-26H,6-7H2/t9-,16+. The first-order valence-electron chi connectivity index (χ1n) is 8.04. The molecule has 1 aromatic heterocycles. The first-order chi connectivity index (χ1) is 13.4. The molecular weight excluding hydrogens is 438 g/mol. The van der Waals surface area contributed by atoms with E-state index in [1.54, 1.807) is 6.07 Å². The molecule has 3 rings (SSSR count). The molecule has 2 aromatic rings. The number of sulfonamides is 1. The van der Waals surface area contributed by atoms with Crippen molar-refractivity contribution in [2.24, 2.45) is 0 Å². The van der Waals surface area contributed by atoms with E-state index >= 15 is 0 Å². The van der Waals surface area contributed by atoms with Crippen molar-refractivity contribution in [1.82, 2.24) is 9.71 Å². The summed E-state index contributed by atoms with van der Waals surface area (Å²) < 4.78 is 78.3. The monoisotopic (exact) mass is 449 g/mol. The number of nitriles is 1. The Morgan fingerprint density at radius 1 is 1.28 bits per heavy atom. The fourth-order valence-corrected chi connectivity index (χ4v) is 4.50. The highest BCUT2D eigenvalue weighted by molar-refractivity contribution is 7.89. The molecule has 154 valence electrons. The summed E-state index contributed by atoms with van der Waals surface area (Å²) in [6, 6.07) is 6.26. The Hall–Kier alpha value is -2.26. The lowest BCUT2D eigenvalue weighted by Gasteiger charge is -2.44.